The van der Waals surface area contributed by atoms with Crippen LogP contribution in [0.25, 0.3) is 0 Å². The summed E-state index contributed by atoms with van der Waals surface area (Å²) in [4.78, 5) is 29.3. The maximum atomic E-state index is 14.0. The number of halogens is 2. The molecule has 2 aromatic carbocycles. The van der Waals surface area contributed by atoms with Gasteiger partial charge >= 0.3 is 6.03 Å². The molecular formula is C23H23F2N3O2. The first-order valence-corrected chi connectivity index (χ1v) is 9.96. The molecule has 156 valence electrons. The minimum atomic E-state index is -0.833. The van der Waals surface area contributed by atoms with Gasteiger partial charge in [0, 0.05) is 30.3 Å². The van der Waals surface area contributed by atoms with Crippen molar-refractivity contribution in [3.05, 3.63) is 77.9 Å². The molecule has 3 amide bonds. The van der Waals surface area contributed by atoms with Crippen LogP contribution in [0.3, 0.4) is 0 Å². The van der Waals surface area contributed by atoms with Crippen LogP contribution in [0.15, 0.2) is 55.1 Å². The van der Waals surface area contributed by atoms with E-state index in [0.717, 1.165) is 17.7 Å². The molecule has 0 radical (unpaired) electrons. The average molecular weight is 411 g/mol. The van der Waals surface area contributed by atoms with Crippen molar-refractivity contribution in [2.45, 2.75) is 37.9 Å². The fourth-order valence-corrected chi connectivity index (χ4v) is 4.59. The molecule has 0 saturated carbocycles. The molecule has 5 nitrogen and oxygen atoms in total. The number of urea groups is 1. The molecule has 0 bridgehead atoms. The largest absolute Gasteiger partial charge is 0.329 e. The number of carbonyl (C=O) groups excluding carboxylic acids is 2. The maximum Gasteiger partial charge on any atom is 0.322 e. The Hall–Kier alpha value is -3.22. The highest BCUT2D eigenvalue weighted by atomic mass is 19.1. The second-order valence-corrected chi connectivity index (χ2v) is 7.79. The third kappa shape index (κ3) is 3.44. The number of amides is 3. The summed E-state index contributed by atoms with van der Waals surface area (Å²) in [5, 5.41) is 2.54. The molecule has 1 saturated heterocycles. The molecule has 7 heteroatoms. The van der Waals surface area contributed by atoms with Gasteiger partial charge < -0.3 is 15.1 Å². The SMILES string of the molecule is C=CCN(C(=O)Nc1ccc(F)cc1F)[C@@H]1C[C@@H](C)N2C(=O)c3ccccc3[C@@H]2C1. The van der Waals surface area contributed by atoms with Crippen LogP contribution in [-0.4, -0.2) is 40.4 Å². The Balaban J connectivity index is 1.58. The number of anilines is 1. The van der Waals surface area contributed by atoms with Gasteiger partial charge in [-0.3, -0.25) is 4.79 Å². The summed E-state index contributed by atoms with van der Waals surface area (Å²) in [6, 6.07) is 9.77. The molecule has 2 aliphatic heterocycles. The summed E-state index contributed by atoms with van der Waals surface area (Å²) in [7, 11) is 0. The zero-order valence-corrected chi connectivity index (χ0v) is 16.6. The highest BCUT2D eigenvalue weighted by molar-refractivity contribution is 5.99. The lowest BCUT2D eigenvalue weighted by Gasteiger charge is -2.44. The Morgan fingerprint density at radius 1 is 1.27 bits per heavy atom. The third-order valence-electron chi connectivity index (χ3n) is 5.90. The first-order valence-electron chi connectivity index (χ1n) is 9.96. The minimum absolute atomic E-state index is 0.0228. The number of fused-ring (bicyclic) bond motifs is 3. The summed E-state index contributed by atoms with van der Waals surface area (Å²) in [6.07, 6.45) is 2.80. The number of hydrogen-bond acceptors (Lipinski definition) is 2. The van der Waals surface area contributed by atoms with Crippen molar-refractivity contribution >= 4 is 17.6 Å². The van der Waals surface area contributed by atoms with Gasteiger partial charge in [0.1, 0.15) is 11.6 Å². The van der Waals surface area contributed by atoms with E-state index in [1.165, 1.54) is 6.07 Å². The minimum Gasteiger partial charge on any atom is -0.329 e. The quantitative estimate of drug-likeness (QED) is 0.740. The van der Waals surface area contributed by atoms with E-state index >= 15 is 0 Å². The van der Waals surface area contributed by atoms with Gasteiger partial charge in [-0.2, -0.15) is 0 Å². The van der Waals surface area contributed by atoms with Gasteiger partial charge in [0.15, 0.2) is 0 Å². The van der Waals surface area contributed by atoms with Gasteiger partial charge in [-0.25, -0.2) is 13.6 Å². The van der Waals surface area contributed by atoms with E-state index in [1.54, 1.807) is 11.0 Å². The molecule has 1 N–H and O–H groups in total. The fraction of sp³-hybridized carbons (Fsp3) is 0.304. The Morgan fingerprint density at radius 2 is 2.03 bits per heavy atom. The Morgan fingerprint density at radius 3 is 2.77 bits per heavy atom. The number of benzene rings is 2. The van der Waals surface area contributed by atoms with E-state index in [0.29, 0.717) is 18.4 Å². The van der Waals surface area contributed by atoms with Crippen LogP contribution in [0.1, 0.15) is 41.7 Å². The molecular weight excluding hydrogens is 388 g/mol. The van der Waals surface area contributed by atoms with Gasteiger partial charge in [-0.15, -0.1) is 6.58 Å². The van der Waals surface area contributed by atoms with E-state index in [-0.39, 0.29) is 36.3 Å². The first kappa shape index (κ1) is 20.1. The lowest BCUT2D eigenvalue weighted by molar-refractivity contribution is 0.0393. The van der Waals surface area contributed by atoms with Crippen LogP contribution < -0.4 is 5.32 Å². The highest BCUT2D eigenvalue weighted by Gasteiger charge is 2.45. The van der Waals surface area contributed by atoms with Gasteiger partial charge in [-0.05, 0) is 43.5 Å². The lowest BCUT2D eigenvalue weighted by Crippen LogP contribution is -2.52. The van der Waals surface area contributed by atoms with E-state index in [4.69, 9.17) is 0 Å². The van der Waals surface area contributed by atoms with Crippen molar-refractivity contribution in [2.75, 3.05) is 11.9 Å². The van der Waals surface area contributed by atoms with Crippen molar-refractivity contribution < 1.29 is 18.4 Å². The van der Waals surface area contributed by atoms with Gasteiger partial charge in [0.05, 0.1) is 11.7 Å². The Kier molecular flexibility index (Phi) is 5.28. The number of hydrogen-bond donors (Lipinski definition) is 1. The number of carbonyl (C=O) groups is 2. The summed E-state index contributed by atoms with van der Waals surface area (Å²) in [6.45, 7) is 5.99. The molecule has 2 aromatic rings. The van der Waals surface area contributed by atoms with Crippen molar-refractivity contribution in [2.24, 2.45) is 0 Å². The standard InChI is InChI=1S/C23H23F2N3O2/c1-3-10-27(23(30)26-20-9-8-15(24)12-19(20)25)16-11-14(2)28-21(13-16)17-6-4-5-7-18(17)22(28)29/h3-9,12,14,16,21H,1,10-11,13H2,2H3,(H,26,30)/t14-,16-,21+/m1/s1. The number of nitrogens with one attached hydrogen (secondary N) is 1. The summed E-state index contributed by atoms with van der Waals surface area (Å²) < 4.78 is 27.2. The van der Waals surface area contributed by atoms with Gasteiger partial charge in [0.2, 0.25) is 0 Å². The van der Waals surface area contributed by atoms with Gasteiger partial charge in [0.25, 0.3) is 5.91 Å². The molecule has 0 aliphatic carbocycles. The summed E-state index contributed by atoms with van der Waals surface area (Å²) in [5.74, 6) is -1.52. The van der Waals surface area contributed by atoms with Crippen LogP contribution in [0.5, 0.6) is 0 Å². The van der Waals surface area contributed by atoms with Gasteiger partial charge in [-0.1, -0.05) is 24.3 Å². The Labute approximate surface area is 174 Å². The van der Waals surface area contributed by atoms with Crippen molar-refractivity contribution in [3.8, 4) is 0 Å². The average Bonchev–Trinajstić information content (AvgIpc) is 3.01. The topological polar surface area (TPSA) is 52.7 Å². The van der Waals surface area contributed by atoms with Crippen LogP contribution in [-0.2, 0) is 0 Å². The normalized spacial score (nSPS) is 22.3. The number of piperidine rings is 1. The smallest absolute Gasteiger partial charge is 0.322 e. The summed E-state index contributed by atoms with van der Waals surface area (Å²) in [5.41, 5.74) is 1.60. The van der Waals surface area contributed by atoms with E-state index in [2.05, 4.69) is 11.9 Å². The predicted molar refractivity (Wildman–Crippen MR) is 110 cm³/mol. The molecule has 30 heavy (non-hydrogen) atoms. The Bertz CT molecular complexity index is 1010. The molecule has 0 spiro atoms. The monoisotopic (exact) mass is 411 g/mol. The maximum absolute atomic E-state index is 14.0. The molecule has 0 unspecified atom stereocenters. The molecule has 0 aromatic heterocycles. The van der Waals surface area contributed by atoms with Crippen LogP contribution >= 0.6 is 0 Å². The summed E-state index contributed by atoms with van der Waals surface area (Å²) >= 11 is 0. The number of rotatable bonds is 4. The van der Waals surface area contributed by atoms with Crippen molar-refractivity contribution in [1.82, 2.24) is 9.80 Å². The molecule has 3 atom stereocenters. The van der Waals surface area contributed by atoms with Crippen molar-refractivity contribution in [1.29, 1.82) is 0 Å². The van der Waals surface area contributed by atoms with Crippen LogP contribution in [0.4, 0.5) is 19.3 Å². The molecule has 1 fully saturated rings. The van der Waals surface area contributed by atoms with Crippen LogP contribution in [0, 0.1) is 11.6 Å². The van der Waals surface area contributed by atoms with Crippen molar-refractivity contribution in [3.63, 3.8) is 0 Å². The molecule has 2 heterocycles. The zero-order valence-electron chi connectivity index (χ0n) is 16.6. The molecule has 4 rings (SSSR count). The van der Waals surface area contributed by atoms with E-state index in [1.807, 2.05) is 36.1 Å². The fourth-order valence-electron chi connectivity index (χ4n) is 4.59. The zero-order chi connectivity index (χ0) is 21.4. The second-order valence-electron chi connectivity index (χ2n) is 7.79. The van der Waals surface area contributed by atoms with Crippen LogP contribution in [0.2, 0.25) is 0 Å². The highest BCUT2D eigenvalue weighted by Crippen LogP contribution is 2.43. The first-order chi connectivity index (χ1) is 14.4. The predicted octanol–water partition coefficient (Wildman–Crippen LogP) is 4.73. The van der Waals surface area contributed by atoms with E-state index < -0.39 is 17.7 Å². The number of nitrogens with zero attached hydrogens (tertiary/aromatic N) is 2. The third-order valence-corrected chi connectivity index (χ3v) is 5.90. The van der Waals surface area contributed by atoms with E-state index in [9.17, 15) is 18.4 Å². The second kappa shape index (κ2) is 7.89. The molecule has 2 aliphatic rings. The lowest BCUT2D eigenvalue weighted by atomic mass is 9.89.